The number of carbonyl (C=O) groups is 1. The number of H-pyrrole nitrogens is 1. The molecule has 0 spiro atoms. The quantitative estimate of drug-likeness (QED) is 0.0709. The number of nitro benzene ring substituents is 1. The van der Waals surface area contributed by atoms with Crippen molar-refractivity contribution in [3.8, 4) is 22.6 Å². The molecule has 4 aromatic carbocycles. The van der Waals surface area contributed by atoms with Crippen LogP contribution in [0.3, 0.4) is 0 Å². The summed E-state index contributed by atoms with van der Waals surface area (Å²) in [7, 11) is -4.56. The summed E-state index contributed by atoms with van der Waals surface area (Å²) < 4.78 is 41.2. The fourth-order valence-corrected chi connectivity index (χ4v) is 10.2. The number of rotatable bonds is 14. The lowest BCUT2D eigenvalue weighted by Crippen LogP contribution is -2.31. The highest BCUT2D eigenvalue weighted by Crippen LogP contribution is 2.37. The maximum atomic E-state index is 13.9. The third kappa shape index (κ3) is 9.16. The van der Waals surface area contributed by atoms with Gasteiger partial charge in [0.25, 0.3) is 21.6 Å². The van der Waals surface area contributed by atoms with Crippen molar-refractivity contribution in [2.45, 2.75) is 74.6 Å². The molecule has 320 valence electrons. The SMILES string of the molecule is O=C(NS(=O)(=O)c1ccc(NCC2CCOCC2)c([N+](=O)[O-])c1)c1ccc(-c2ccc(N3CCCC3Cc3cccc(C4CCCC4)c3)cc2)cc1Oc1cnc2[nH]ccc2c1. The second-order valence-electron chi connectivity index (χ2n) is 16.7. The van der Waals surface area contributed by atoms with Gasteiger partial charge in [-0.1, -0.05) is 55.3 Å². The van der Waals surface area contributed by atoms with Gasteiger partial charge in [-0.05, 0) is 128 Å². The van der Waals surface area contributed by atoms with Crippen LogP contribution in [0.25, 0.3) is 22.2 Å². The van der Waals surface area contributed by atoms with Crippen molar-refractivity contribution < 1.29 is 27.6 Å². The Morgan fingerprint density at radius 3 is 2.52 bits per heavy atom. The van der Waals surface area contributed by atoms with Crippen molar-refractivity contribution >= 4 is 44.0 Å². The summed E-state index contributed by atoms with van der Waals surface area (Å²) in [5.41, 5.74) is 6.05. The van der Waals surface area contributed by atoms with Crippen LogP contribution in [0.1, 0.15) is 78.8 Å². The molecule has 14 heteroatoms. The molecule has 2 aromatic heterocycles. The number of fused-ring (bicyclic) bond motifs is 1. The highest BCUT2D eigenvalue weighted by Gasteiger charge is 2.28. The molecular formula is C48H50N6O7S. The van der Waals surface area contributed by atoms with Crippen molar-refractivity contribution in [1.29, 1.82) is 0 Å². The molecular weight excluding hydrogens is 805 g/mol. The Labute approximate surface area is 361 Å². The van der Waals surface area contributed by atoms with Crippen molar-refractivity contribution in [2.75, 3.05) is 36.5 Å². The van der Waals surface area contributed by atoms with Crippen molar-refractivity contribution in [3.05, 3.63) is 136 Å². The van der Waals surface area contributed by atoms with Gasteiger partial charge in [0.15, 0.2) is 0 Å². The van der Waals surface area contributed by atoms with Gasteiger partial charge >= 0.3 is 0 Å². The van der Waals surface area contributed by atoms with Crippen LogP contribution in [0.5, 0.6) is 11.5 Å². The summed E-state index contributed by atoms with van der Waals surface area (Å²) in [6, 6.07) is 30.1. The summed E-state index contributed by atoms with van der Waals surface area (Å²) in [5, 5.41) is 16.0. The fraction of sp³-hybridized carbons (Fsp3) is 0.333. The number of benzene rings is 4. The van der Waals surface area contributed by atoms with E-state index in [0.29, 0.717) is 43.1 Å². The Morgan fingerprint density at radius 2 is 1.71 bits per heavy atom. The number of nitrogens with zero attached hydrogens (tertiary/aromatic N) is 3. The number of hydrogen-bond donors (Lipinski definition) is 3. The van der Waals surface area contributed by atoms with E-state index >= 15 is 0 Å². The van der Waals surface area contributed by atoms with Crippen LogP contribution in [0, 0.1) is 16.0 Å². The molecule has 2 saturated heterocycles. The summed E-state index contributed by atoms with van der Waals surface area (Å²) in [4.78, 5) is 34.9. The zero-order valence-corrected chi connectivity index (χ0v) is 35.2. The molecule has 1 amide bonds. The summed E-state index contributed by atoms with van der Waals surface area (Å²) in [6.45, 7) is 2.73. The molecule has 13 nitrogen and oxygen atoms in total. The molecule has 62 heavy (non-hydrogen) atoms. The first kappa shape index (κ1) is 41.1. The summed E-state index contributed by atoms with van der Waals surface area (Å²) in [6.07, 6.45) is 13.4. The number of nitro groups is 1. The molecule has 1 aliphatic carbocycles. The number of nitrogens with one attached hydrogen (secondary N) is 3. The molecule has 2 aliphatic heterocycles. The monoisotopic (exact) mass is 854 g/mol. The van der Waals surface area contributed by atoms with Crippen LogP contribution in [-0.2, 0) is 21.2 Å². The van der Waals surface area contributed by atoms with Gasteiger partial charge in [-0.3, -0.25) is 14.9 Å². The number of ether oxygens (including phenoxy) is 2. The van der Waals surface area contributed by atoms with E-state index in [1.807, 2.05) is 6.07 Å². The Hall–Kier alpha value is -6.25. The van der Waals surface area contributed by atoms with Gasteiger partial charge in [0.05, 0.1) is 21.6 Å². The zero-order valence-electron chi connectivity index (χ0n) is 34.4. The number of aromatic amines is 1. The van der Waals surface area contributed by atoms with E-state index in [1.165, 1.54) is 61.2 Å². The van der Waals surface area contributed by atoms with E-state index in [-0.39, 0.29) is 22.9 Å². The first-order valence-corrected chi connectivity index (χ1v) is 23.0. The number of hydrogen-bond acceptors (Lipinski definition) is 10. The average molecular weight is 855 g/mol. The van der Waals surface area contributed by atoms with E-state index in [0.717, 1.165) is 66.9 Å². The summed E-state index contributed by atoms with van der Waals surface area (Å²) >= 11 is 0. The Kier molecular flexibility index (Phi) is 11.9. The van der Waals surface area contributed by atoms with Gasteiger partial charge in [-0.15, -0.1) is 0 Å². The van der Waals surface area contributed by atoms with E-state index in [2.05, 4.69) is 73.4 Å². The molecule has 0 bridgehead atoms. The van der Waals surface area contributed by atoms with Crippen LogP contribution in [0.4, 0.5) is 17.1 Å². The number of aromatic nitrogens is 2. The normalized spacial score (nSPS) is 17.4. The van der Waals surface area contributed by atoms with Crippen LogP contribution < -0.4 is 19.7 Å². The Morgan fingerprint density at radius 1 is 0.903 bits per heavy atom. The molecule has 4 heterocycles. The fourth-order valence-electron chi connectivity index (χ4n) is 9.23. The lowest BCUT2D eigenvalue weighted by molar-refractivity contribution is -0.384. The zero-order chi connectivity index (χ0) is 42.6. The molecule has 6 aromatic rings. The van der Waals surface area contributed by atoms with Gasteiger partial charge in [0.1, 0.15) is 22.8 Å². The molecule has 0 radical (unpaired) electrons. The standard InChI is InChI=1S/C48H50N6O7S/c55-48(52-62(58,59)42-15-17-44(45(29-42)54(56)57)50-30-32-19-23-60-24-20-32)43-16-12-37(28-46(43)61-41-27-38-18-21-49-47(38)51-31-41)35-10-13-39(14-11-35)53-22-4-9-40(53)26-33-5-3-8-36(25-33)34-6-1-2-7-34/h3,5,8,10-18,21,25,27-29,31-32,34,40,50H,1-2,4,6-7,9,19-20,22-24,26,30H2,(H,49,51)(H,52,55). The minimum atomic E-state index is -4.56. The van der Waals surface area contributed by atoms with Crippen molar-refractivity contribution in [1.82, 2.24) is 14.7 Å². The lowest BCUT2D eigenvalue weighted by Gasteiger charge is -2.27. The van der Waals surface area contributed by atoms with Gasteiger partial charge in [0.2, 0.25) is 0 Å². The molecule has 3 aliphatic rings. The van der Waals surface area contributed by atoms with Gasteiger partial charge in [-0.25, -0.2) is 18.1 Å². The van der Waals surface area contributed by atoms with Crippen LogP contribution in [0.15, 0.2) is 114 Å². The van der Waals surface area contributed by atoms with E-state index in [9.17, 15) is 23.3 Å². The molecule has 1 atom stereocenters. The minimum Gasteiger partial charge on any atom is -0.455 e. The summed E-state index contributed by atoms with van der Waals surface area (Å²) in [5.74, 6) is 0.449. The predicted octanol–water partition coefficient (Wildman–Crippen LogP) is 9.76. The van der Waals surface area contributed by atoms with E-state index in [1.54, 1.807) is 24.4 Å². The maximum Gasteiger partial charge on any atom is 0.293 e. The number of carbonyl (C=O) groups excluding carboxylic acids is 1. The van der Waals surface area contributed by atoms with E-state index in [4.69, 9.17) is 9.47 Å². The second kappa shape index (κ2) is 18.0. The maximum absolute atomic E-state index is 13.9. The van der Waals surface area contributed by atoms with Crippen LogP contribution in [0.2, 0.25) is 0 Å². The van der Waals surface area contributed by atoms with Crippen molar-refractivity contribution in [2.24, 2.45) is 5.92 Å². The molecule has 1 saturated carbocycles. The molecule has 1 unspecified atom stereocenters. The highest BCUT2D eigenvalue weighted by atomic mass is 32.2. The Balaban J connectivity index is 0.949. The molecule has 3 fully saturated rings. The van der Waals surface area contributed by atoms with Gasteiger partial charge < -0.3 is 24.7 Å². The first-order valence-electron chi connectivity index (χ1n) is 21.5. The largest absolute Gasteiger partial charge is 0.455 e. The topological polar surface area (TPSA) is 169 Å². The number of anilines is 2. The third-order valence-electron chi connectivity index (χ3n) is 12.6. The Bertz CT molecular complexity index is 2690. The first-order chi connectivity index (χ1) is 30.2. The van der Waals surface area contributed by atoms with Crippen molar-refractivity contribution in [3.63, 3.8) is 0 Å². The second-order valence-corrected chi connectivity index (χ2v) is 18.4. The average Bonchev–Trinajstić information content (AvgIpc) is 4.10. The lowest BCUT2D eigenvalue weighted by atomic mass is 9.94. The molecule has 3 N–H and O–H groups in total. The van der Waals surface area contributed by atoms with Crippen LogP contribution >= 0.6 is 0 Å². The van der Waals surface area contributed by atoms with E-state index < -0.39 is 31.4 Å². The number of pyridine rings is 1. The molecule has 9 rings (SSSR count). The predicted molar refractivity (Wildman–Crippen MR) is 240 cm³/mol. The smallest absolute Gasteiger partial charge is 0.293 e. The van der Waals surface area contributed by atoms with Gasteiger partial charge in [0, 0.05) is 55.7 Å². The third-order valence-corrected chi connectivity index (χ3v) is 13.9. The van der Waals surface area contributed by atoms with Crippen LogP contribution in [-0.4, -0.2) is 61.6 Å². The highest BCUT2D eigenvalue weighted by molar-refractivity contribution is 7.90. The van der Waals surface area contributed by atoms with Gasteiger partial charge in [-0.2, -0.15) is 0 Å². The minimum absolute atomic E-state index is 0.0516. The number of amides is 1. The number of sulfonamides is 1.